The molecule has 0 aliphatic carbocycles. The normalized spacial score (nSPS) is 12.1. The summed E-state index contributed by atoms with van der Waals surface area (Å²) in [5.41, 5.74) is 2.39. The topological polar surface area (TPSA) is 91.0 Å². The quantitative estimate of drug-likeness (QED) is 0.108. The van der Waals surface area contributed by atoms with E-state index < -0.39 is 5.92 Å². The van der Waals surface area contributed by atoms with E-state index in [4.69, 9.17) is 17.7 Å². The van der Waals surface area contributed by atoms with Crippen LogP contribution in [-0.4, -0.2) is 4.86 Å². The van der Waals surface area contributed by atoms with E-state index in [2.05, 4.69) is 5.11 Å². The maximum Gasteiger partial charge on any atom is 0.249 e. The summed E-state index contributed by atoms with van der Waals surface area (Å²) in [5.74, 6) is 5.08. The summed E-state index contributed by atoms with van der Waals surface area (Å²) in [6.45, 7) is 7.59. The predicted octanol–water partition coefficient (Wildman–Crippen LogP) is 9.58. The fourth-order valence-corrected chi connectivity index (χ4v) is 5.21. The molecule has 7 nitrogen and oxygen atoms in total. The molecule has 4 aromatic heterocycles. The van der Waals surface area contributed by atoms with Crippen LogP contribution in [0.15, 0.2) is 120 Å². The van der Waals surface area contributed by atoms with Crippen molar-refractivity contribution in [3.63, 3.8) is 0 Å². The highest BCUT2D eigenvalue weighted by Crippen LogP contribution is 2.41. The highest BCUT2D eigenvalue weighted by Gasteiger charge is 2.30. The van der Waals surface area contributed by atoms with E-state index in [1.165, 1.54) is 0 Å². The van der Waals surface area contributed by atoms with E-state index in [1.54, 1.807) is 6.07 Å². The molecule has 4 heterocycles. The molecule has 0 fully saturated rings. The first-order valence-corrected chi connectivity index (χ1v) is 13.5. The second kappa shape index (κ2) is 10.8. The third-order valence-electron chi connectivity index (χ3n) is 7.08. The third kappa shape index (κ3) is 5.26. The van der Waals surface area contributed by atoms with E-state index >= 15 is 0 Å². The van der Waals surface area contributed by atoms with Crippen molar-refractivity contribution in [1.82, 2.24) is 0 Å². The smallest absolute Gasteiger partial charge is 0.249 e. The summed E-state index contributed by atoms with van der Waals surface area (Å²) in [7, 11) is 0. The minimum absolute atomic E-state index is 0.383. The number of para-hydroxylation sites is 1. The fourth-order valence-electron chi connectivity index (χ4n) is 5.21. The average molecular weight is 547 g/mol. The standard InChI is InChI=1S/C34H30N2O5/c1-21-13-17-29(38-21)33(30-18-14-22(2)39-30)25-9-5-7-11-27(25)35-36(37)28-12-8-6-10-26(28)34(31-19-15-23(3)40-31)32-20-16-24(4)41-32/h5-20,33-34H,1-4H3. The molecule has 0 atom stereocenters. The molecule has 0 N–H and O–H groups in total. The number of hydrogen-bond donors (Lipinski definition) is 0. The summed E-state index contributed by atoms with van der Waals surface area (Å²) < 4.78 is 24.2. The van der Waals surface area contributed by atoms with Gasteiger partial charge in [-0.3, -0.25) is 0 Å². The van der Waals surface area contributed by atoms with Crippen molar-refractivity contribution in [2.24, 2.45) is 5.11 Å². The number of rotatable bonds is 8. The van der Waals surface area contributed by atoms with Crippen LogP contribution >= 0.6 is 0 Å². The SMILES string of the molecule is Cc1ccc(C(c2ccc(C)o2)c2ccccc2N=[N+]([O-])c2ccccc2C(c2ccc(C)o2)c2ccc(C)o2)o1. The zero-order chi connectivity index (χ0) is 28.5. The van der Waals surface area contributed by atoms with Crippen LogP contribution in [0.25, 0.3) is 0 Å². The van der Waals surface area contributed by atoms with Gasteiger partial charge in [0.1, 0.15) is 63.6 Å². The molecular formula is C34H30N2O5. The molecule has 0 saturated heterocycles. The first-order valence-electron chi connectivity index (χ1n) is 13.5. The fraction of sp³-hybridized carbons (Fsp3) is 0.176. The summed E-state index contributed by atoms with van der Waals surface area (Å²) in [5, 5.41) is 18.5. The van der Waals surface area contributed by atoms with Gasteiger partial charge in [0.15, 0.2) is 0 Å². The second-order valence-electron chi connectivity index (χ2n) is 10.2. The van der Waals surface area contributed by atoms with E-state index in [1.807, 2.05) is 119 Å². The lowest BCUT2D eigenvalue weighted by molar-refractivity contribution is -0.436. The van der Waals surface area contributed by atoms with Gasteiger partial charge in [0, 0.05) is 22.3 Å². The molecule has 0 saturated carbocycles. The molecule has 0 radical (unpaired) electrons. The Morgan fingerprint density at radius 3 is 1.34 bits per heavy atom. The Labute approximate surface area is 237 Å². The average Bonchev–Trinajstić information content (AvgIpc) is 3.77. The lowest BCUT2D eigenvalue weighted by Crippen LogP contribution is -2.06. The van der Waals surface area contributed by atoms with Crippen molar-refractivity contribution in [2.45, 2.75) is 39.5 Å². The second-order valence-corrected chi connectivity index (χ2v) is 10.2. The highest BCUT2D eigenvalue weighted by molar-refractivity contribution is 5.53. The molecule has 41 heavy (non-hydrogen) atoms. The van der Waals surface area contributed by atoms with Crippen molar-refractivity contribution in [3.8, 4) is 0 Å². The molecule has 6 aromatic rings. The molecule has 206 valence electrons. The Hall–Kier alpha value is -5.04. The van der Waals surface area contributed by atoms with Gasteiger partial charge in [-0.25, -0.2) is 0 Å². The maximum absolute atomic E-state index is 13.9. The largest absolute Gasteiger partial charge is 0.594 e. The van der Waals surface area contributed by atoms with Crippen molar-refractivity contribution >= 4 is 11.4 Å². The van der Waals surface area contributed by atoms with Crippen LogP contribution in [0.5, 0.6) is 0 Å². The molecule has 0 spiro atoms. The molecular weight excluding hydrogens is 516 g/mol. The van der Waals surface area contributed by atoms with Crippen LogP contribution in [0.1, 0.15) is 69.0 Å². The number of hydrogen-bond acceptors (Lipinski definition) is 6. The summed E-state index contributed by atoms with van der Waals surface area (Å²) >= 11 is 0. The van der Waals surface area contributed by atoms with Crippen molar-refractivity contribution < 1.29 is 22.5 Å². The number of benzene rings is 2. The summed E-state index contributed by atoms with van der Waals surface area (Å²) in [4.78, 5) is 0.671. The Morgan fingerprint density at radius 2 is 0.902 bits per heavy atom. The van der Waals surface area contributed by atoms with Gasteiger partial charge in [0.25, 0.3) is 0 Å². The lowest BCUT2D eigenvalue weighted by Gasteiger charge is -2.16. The van der Waals surface area contributed by atoms with Crippen LogP contribution in [0.4, 0.5) is 11.4 Å². The van der Waals surface area contributed by atoms with Crippen LogP contribution in [0.2, 0.25) is 0 Å². The zero-order valence-electron chi connectivity index (χ0n) is 23.3. The van der Waals surface area contributed by atoms with E-state index in [0.29, 0.717) is 44.8 Å². The third-order valence-corrected chi connectivity index (χ3v) is 7.08. The summed E-state index contributed by atoms with van der Waals surface area (Å²) in [6.07, 6.45) is 0. The Bertz CT molecular complexity index is 1750. The van der Waals surface area contributed by atoms with Crippen molar-refractivity contribution in [1.29, 1.82) is 0 Å². The minimum atomic E-state index is -0.430. The molecule has 0 unspecified atom stereocenters. The van der Waals surface area contributed by atoms with Gasteiger partial charge in [0.2, 0.25) is 5.69 Å². The Morgan fingerprint density at radius 1 is 0.512 bits per heavy atom. The Balaban J connectivity index is 1.47. The van der Waals surface area contributed by atoms with E-state index in [-0.39, 0.29) is 5.92 Å². The van der Waals surface area contributed by atoms with Gasteiger partial charge in [0.05, 0.1) is 0 Å². The number of aryl methyl sites for hydroxylation is 4. The number of azo groups is 1. The minimum Gasteiger partial charge on any atom is -0.594 e. The lowest BCUT2D eigenvalue weighted by atomic mass is 9.92. The van der Waals surface area contributed by atoms with Gasteiger partial charge >= 0.3 is 0 Å². The molecule has 0 bridgehead atoms. The van der Waals surface area contributed by atoms with Crippen LogP contribution in [-0.2, 0) is 0 Å². The van der Waals surface area contributed by atoms with Crippen LogP contribution in [0.3, 0.4) is 0 Å². The summed E-state index contributed by atoms with van der Waals surface area (Å²) in [6, 6.07) is 30.3. The molecule has 0 aliphatic heterocycles. The number of furan rings is 4. The van der Waals surface area contributed by atoms with Crippen molar-refractivity contribution in [3.05, 3.63) is 159 Å². The van der Waals surface area contributed by atoms with E-state index in [9.17, 15) is 5.21 Å². The monoisotopic (exact) mass is 546 g/mol. The van der Waals surface area contributed by atoms with Gasteiger partial charge in [-0.15, -0.1) is 0 Å². The van der Waals surface area contributed by atoms with Gasteiger partial charge < -0.3 is 22.9 Å². The van der Waals surface area contributed by atoms with Crippen LogP contribution in [0, 0.1) is 32.9 Å². The number of nitrogens with zero attached hydrogens (tertiary/aromatic N) is 2. The zero-order valence-corrected chi connectivity index (χ0v) is 23.3. The van der Waals surface area contributed by atoms with Crippen molar-refractivity contribution in [2.75, 3.05) is 0 Å². The van der Waals surface area contributed by atoms with Gasteiger partial charge in [-0.2, -0.15) is 0 Å². The first kappa shape index (κ1) is 26.2. The Kier molecular flexibility index (Phi) is 6.93. The van der Waals surface area contributed by atoms with Crippen LogP contribution < -0.4 is 0 Å². The molecule has 2 aromatic carbocycles. The molecule has 6 rings (SSSR count). The maximum atomic E-state index is 13.9. The molecule has 7 heteroatoms. The predicted molar refractivity (Wildman–Crippen MR) is 154 cm³/mol. The first-order chi connectivity index (χ1) is 19.9. The van der Waals surface area contributed by atoms with E-state index in [0.717, 1.165) is 28.6 Å². The molecule has 0 amide bonds. The van der Waals surface area contributed by atoms with Gasteiger partial charge in [-0.05, 0) is 87.2 Å². The van der Waals surface area contributed by atoms with Gasteiger partial charge in [-0.1, -0.05) is 36.4 Å². The highest BCUT2D eigenvalue weighted by atomic mass is 16.5. The molecule has 0 aliphatic rings.